The van der Waals surface area contributed by atoms with Crippen LogP contribution in [0.25, 0.3) is 0 Å². The van der Waals surface area contributed by atoms with E-state index in [-0.39, 0.29) is 6.54 Å². The van der Waals surface area contributed by atoms with Crippen LogP contribution in [-0.4, -0.2) is 13.4 Å². The maximum Gasteiger partial charge on any atom is 0.250 e. The molecule has 24 heavy (non-hydrogen) atoms. The summed E-state index contributed by atoms with van der Waals surface area (Å²) >= 11 is 1.19. The monoisotopic (exact) mass is 360 g/mol. The van der Waals surface area contributed by atoms with Crippen LogP contribution in [0.1, 0.15) is 11.3 Å². The van der Waals surface area contributed by atoms with Gasteiger partial charge in [-0.3, -0.25) is 4.98 Å². The van der Waals surface area contributed by atoms with E-state index < -0.39 is 10.0 Å². The highest BCUT2D eigenvalue weighted by Gasteiger charge is 2.14. The van der Waals surface area contributed by atoms with E-state index in [1.54, 1.807) is 23.7 Å². The summed E-state index contributed by atoms with van der Waals surface area (Å²) in [4.78, 5) is 4.20. The smallest absolute Gasteiger partial charge is 0.250 e. The predicted molar refractivity (Wildman–Crippen MR) is 93.4 cm³/mol. The Balaban J connectivity index is 1.61. The largest absolute Gasteiger partial charge is 0.487 e. The molecule has 1 aromatic carbocycles. The number of nitrogens with zero attached hydrogens (tertiary/aromatic N) is 1. The molecular formula is C17H16N2O3S2. The average molecular weight is 360 g/mol. The van der Waals surface area contributed by atoms with Crippen molar-refractivity contribution >= 4 is 21.4 Å². The summed E-state index contributed by atoms with van der Waals surface area (Å²) in [7, 11) is -3.47. The van der Waals surface area contributed by atoms with Gasteiger partial charge in [0.2, 0.25) is 10.0 Å². The van der Waals surface area contributed by atoms with Gasteiger partial charge < -0.3 is 4.74 Å². The van der Waals surface area contributed by atoms with E-state index in [9.17, 15) is 8.42 Å². The second-order valence-electron chi connectivity index (χ2n) is 5.01. The van der Waals surface area contributed by atoms with Crippen LogP contribution in [-0.2, 0) is 23.2 Å². The normalized spacial score (nSPS) is 11.3. The van der Waals surface area contributed by atoms with Crippen LogP contribution in [0.5, 0.6) is 5.75 Å². The Morgan fingerprint density at radius 1 is 1.08 bits per heavy atom. The van der Waals surface area contributed by atoms with Gasteiger partial charge >= 0.3 is 0 Å². The Morgan fingerprint density at radius 2 is 2.00 bits per heavy atom. The number of ether oxygens (including phenoxy) is 1. The van der Waals surface area contributed by atoms with Gasteiger partial charge in [0.05, 0.1) is 5.69 Å². The number of benzene rings is 1. The van der Waals surface area contributed by atoms with Crippen molar-refractivity contribution in [2.45, 2.75) is 17.4 Å². The fraction of sp³-hybridized carbons (Fsp3) is 0.118. The van der Waals surface area contributed by atoms with Crippen molar-refractivity contribution in [3.8, 4) is 5.75 Å². The van der Waals surface area contributed by atoms with Crippen molar-refractivity contribution in [3.63, 3.8) is 0 Å². The molecule has 0 aliphatic rings. The Morgan fingerprint density at radius 3 is 2.75 bits per heavy atom. The van der Waals surface area contributed by atoms with Crippen LogP contribution in [0.15, 0.2) is 70.4 Å². The second-order valence-corrected chi connectivity index (χ2v) is 7.96. The molecule has 0 saturated heterocycles. The molecule has 0 radical (unpaired) electrons. The van der Waals surface area contributed by atoms with Crippen molar-refractivity contribution in [2.24, 2.45) is 0 Å². The van der Waals surface area contributed by atoms with Crippen LogP contribution >= 0.6 is 11.3 Å². The highest BCUT2D eigenvalue weighted by Crippen LogP contribution is 2.18. The Labute approximate surface area is 145 Å². The van der Waals surface area contributed by atoms with Crippen LogP contribution in [0.2, 0.25) is 0 Å². The number of pyridine rings is 1. The highest BCUT2D eigenvalue weighted by atomic mass is 32.2. The van der Waals surface area contributed by atoms with Gasteiger partial charge in [-0.15, -0.1) is 11.3 Å². The van der Waals surface area contributed by atoms with Crippen LogP contribution < -0.4 is 9.46 Å². The lowest BCUT2D eigenvalue weighted by molar-refractivity contribution is 0.301. The third-order valence-electron chi connectivity index (χ3n) is 3.24. The molecule has 1 N–H and O–H groups in total. The third kappa shape index (κ3) is 4.41. The van der Waals surface area contributed by atoms with Crippen molar-refractivity contribution < 1.29 is 13.2 Å². The fourth-order valence-corrected chi connectivity index (χ4v) is 4.11. The molecule has 7 heteroatoms. The topological polar surface area (TPSA) is 68.3 Å². The minimum absolute atomic E-state index is 0.209. The lowest BCUT2D eigenvalue weighted by Crippen LogP contribution is -2.22. The lowest BCUT2D eigenvalue weighted by atomic mass is 10.2. The van der Waals surface area contributed by atoms with Crippen molar-refractivity contribution in [1.29, 1.82) is 0 Å². The molecule has 0 unspecified atom stereocenters. The number of hydrogen-bond donors (Lipinski definition) is 1. The molecule has 2 heterocycles. The number of nitrogens with one attached hydrogen (secondary N) is 1. The van der Waals surface area contributed by atoms with E-state index in [0.717, 1.165) is 11.3 Å². The zero-order valence-corrected chi connectivity index (χ0v) is 14.4. The quantitative estimate of drug-likeness (QED) is 0.702. The van der Waals surface area contributed by atoms with E-state index in [1.807, 2.05) is 42.5 Å². The number of aromatic nitrogens is 1. The third-order valence-corrected chi connectivity index (χ3v) is 6.04. The summed E-state index contributed by atoms with van der Waals surface area (Å²) < 4.78 is 32.8. The molecule has 0 aliphatic heterocycles. The molecule has 0 aliphatic carbocycles. The maximum atomic E-state index is 12.1. The summed E-state index contributed by atoms with van der Waals surface area (Å²) in [5, 5.41) is 1.74. The Bertz CT molecular complexity index is 879. The zero-order chi connectivity index (χ0) is 16.8. The second kappa shape index (κ2) is 7.57. The predicted octanol–water partition coefficient (Wildman–Crippen LogP) is 3.20. The molecular weight excluding hydrogens is 344 g/mol. The number of thiophene rings is 1. The molecule has 2 aromatic heterocycles. The van der Waals surface area contributed by atoms with E-state index in [2.05, 4.69) is 9.71 Å². The van der Waals surface area contributed by atoms with Gasteiger partial charge in [-0.1, -0.05) is 24.3 Å². The summed E-state index contributed by atoms with van der Waals surface area (Å²) in [5.41, 5.74) is 1.66. The van der Waals surface area contributed by atoms with Gasteiger partial charge in [-0.05, 0) is 41.3 Å². The summed E-state index contributed by atoms with van der Waals surface area (Å²) in [6, 6.07) is 16.3. The molecule has 0 saturated carbocycles. The number of hydrogen-bond acceptors (Lipinski definition) is 5. The van der Waals surface area contributed by atoms with Crippen LogP contribution in [0.3, 0.4) is 0 Å². The van der Waals surface area contributed by atoms with Crippen LogP contribution in [0.4, 0.5) is 0 Å². The fourth-order valence-electron chi connectivity index (χ4n) is 2.05. The van der Waals surface area contributed by atoms with E-state index in [4.69, 9.17) is 4.74 Å². The Kier molecular flexibility index (Phi) is 5.24. The molecule has 3 aromatic rings. The minimum atomic E-state index is -3.47. The van der Waals surface area contributed by atoms with Crippen molar-refractivity contribution in [3.05, 3.63) is 77.4 Å². The lowest BCUT2D eigenvalue weighted by Gasteiger charge is -2.09. The molecule has 124 valence electrons. The first-order chi connectivity index (χ1) is 11.6. The van der Waals surface area contributed by atoms with E-state index >= 15 is 0 Å². The van der Waals surface area contributed by atoms with Crippen molar-refractivity contribution in [2.75, 3.05) is 0 Å². The first-order valence-corrected chi connectivity index (χ1v) is 9.64. The van der Waals surface area contributed by atoms with Crippen LogP contribution in [0, 0.1) is 0 Å². The zero-order valence-electron chi connectivity index (χ0n) is 12.8. The van der Waals surface area contributed by atoms with E-state index in [1.165, 1.54) is 11.3 Å². The first-order valence-electron chi connectivity index (χ1n) is 7.28. The molecule has 0 bridgehead atoms. The molecule has 0 fully saturated rings. The molecule has 0 atom stereocenters. The van der Waals surface area contributed by atoms with E-state index in [0.29, 0.717) is 16.6 Å². The molecule has 0 amide bonds. The first kappa shape index (κ1) is 16.6. The number of sulfonamides is 1. The molecule has 5 nitrogen and oxygen atoms in total. The average Bonchev–Trinajstić information content (AvgIpc) is 3.15. The van der Waals surface area contributed by atoms with Gasteiger partial charge in [0.15, 0.2) is 0 Å². The van der Waals surface area contributed by atoms with Gasteiger partial charge in [-0.2, -0.15) is 0 Å². The van der Waals surface area contributed by atoms with Gasteiger partial charge in [0.1, 0.15) is 16.6 Å². The SMILES string of the molecule is O=S(=O)(NCc1cccc(OCc2ccccn2)c1)c1cccs1. The number of rotatable bonds is 7. The van der Waals surface area contributed by atoms with Gasteiger partial charge in [0, 0.05) is 12.7 Å². The summed E-state index contributed by atoms with van der Waals surface area (Å²) in [5.74, 6) is 0.675. The Hall–Kier alpha value is -2.22. The van der Waals surface area contributed by atoms with Crippen molar-refractivity contribution in [1.82, 2.24) is 9.71 Å². The standard InChI is InChI=1S/C17H16N2O3S2/c20-24(21,17-8-4-10-23-17)19-12-14-5-3-7-16(11-14)22-13-15-6-1-2-9-18-15/h1-11,19H,12-13H2. The minimum Gasteiger partial charge on any atom is -0.487 e. The van der Waals surface area contributed by atoms with Gasteiger partial charge in [-0.25, -0.2) is 13.1 Å². The molecule has 0 spiro atoms. The van der Waals surface area contributed by atoms with Gasteiger partial charge in [0.25, 0.3) is 0 Å². The molecule has 3 rings (SSSR count). The summed E-state index contributed by atoms with van der Waals surface area (Å²) in [6.45, 7) is 0.576. The maximum absolute atomic E-state index is 12.1. The highest BCUT2D eigenvalue weighted by molar-refractivity contribution is 7.91. The summed E-state index contributed by atoms with van der Waals surface area (Å²) in [6.07, 6.45) is 1.72.